The van der Waals surface area contributed by atoms with Crippen molar-refractivity contribution >= 4 is 43.7 Å². The lowest BCUT2D eigenvalue weighted by molar-refractivity contribution is 0.657. The fourth-order valence-corrected chi connectivity index (χ4v) is 6.98. The molecule has 3 heterocycles. The molecule has 4 heteroatoms. The van der Waals surface area contributed by atoms with Crippen LogP contribution in [0.4, 0.5) is 0 Å². The number of nitrogens with zero attached hydrogens (tertiary/aromatic N) is 3. The maximum Gasteiger partial charge on any atom is 0.235 e. The number of hydrogen-bond acceptors (Lipinski definition) is 3. The van der Waals surface area contributed by atoms with Gasteiger partial charge >= 0.3 is 0 Å². The summed E-state index contributed by atoms with van der Waals surface area (Å²) in [7, 11) is 0. The van der Waals surface area contributed by atoms with Gasteiger partial charge in [-0.1, -0.05) is 105 Å². The van der Waals surface area contributed by atoms with Gasteiger partial charge in [-0.2, -0.15) is 0 Å². The van der Waals surface area contributed by atoms with Crippen molar-refractivity contribution in [3.8, 4) is 28.5 Å². The van der Waals surface area contributed by atoms with Crippen LogP contribution in [0.3, 0.4) is 0 Å². The lowest BCUT2D eigenvalue weighted by atomic mass is 9.81. The molecule has 0 unspecified atom stereocenters. The largest absolute Gasteiger partial charge is 0.456 e. The summed E-state index contributed by atoms with van der Waals surface area (Å²) in [5.41, 5.74) is 10.3. The lowest BCUT2D eigenvalue weighted by Gasteiger charge is -2.24. The summed E-state index contributed by atoms with van der Waals surface area (Å²) >= 11 is 0. The standard InChI is InChI=1S/C37H25N3O/c1-37(2)27-17-9-6-15-25(27)34-32(37)33(22-12-4-3-5-13-22)38-36(39-34)40-28-18-10-7-14-23(28)24-20-21-30-31(35(24)40)26-16-8-11-19-29(26)41-30/h3-21H,1-2H3. The summed E-state index contributed by atoms with van der Waals surface area (Å²) in [5.74, 6) is 0.666. The van der Waals surface area contributed by atoms with Crippen LogP contribution in [0.2, 0.25) is 0 Å². The van der Waals surface area contributed by atoms with Crippen molar-refractivity contribution in [2.24, 2.45) is 0 Å². The highest BCUT2D eigenvalue weighted by atomic mass is 16.3. The molecule has 194 valence electrons. The SMILES string of the molecule is CC1(C)c2ccccc2-c2nc(-n3c4ccccc4c4ccc5oc6ccccc6c5c43)nc(-c3ccccc3)c21. The third-order valence-corrected chi connectivity index (χ3v) is 8.80. The third kappa shape index (κ3) is 2.94. The van der Waals surface area contributed by atoms with Crippen molar-refractivity contribution in [2.45, 2.75) is 19.3 Å². The van der Waals surface area contributed by atoms with Crippen molar-refractivity contribution in [2.75, 3.05) is 0 Å². The number of rotatable bonds is 2. The second-order valence-electron chi connectivity index (χ2n) is 11.4. The minimum absolute atomic E-state index is 0.232. The first-order valence-electron chi connectivity index (χ1n) is 14.0. The summed E-state index contributed by atoms with van der Waals surface area (Å²) in [6.45, 7) is 4.57. The number of furan rings is 1. The number of fused-ring (bicyclic) bond motifs is 10. The van der Waals surface area contributed by atoms with E-state index in [9.17, 15) is 0 Å². The van der Waals surface area contributed by atoms with Crippen molar-refractivity contribution in [1.29, 1.82) is 0 Å². The molecule has 0 fully saturated rings. The fourth-order valence-electron chi connectivity index (χ4n) is 6.98. The fraction of sp³-hybridized carbons (Fsp3) is 0.0811. The Morgan fingerprint density at radius 1 is 0.610 bits per heavy atom. The number of hydrogen-bond donors (Lipinski definition) is 0. The molecule has 1 aliphatic carbocycles. The zero-order valence-corrected chi connectivity index (χ0v) is 22.7. The van der Waals surface area contributed by atoms with E-state index in [0.29, 0.717) is 5.95 Å². The van der Waals surface area contributed by atoms with Crippen LogP contribution in [-0.4, -0.2) is 14.5 Å². The van der Waals surface area contributed by atoms with E-state index in [0.717, 1.165) is 55.3 Å². The molecule has 0 amide bonds. The Morgan fingerprint density at radius 2 is 1.32 bits per heavy atom. The van der Waals surface area contributed by atoms with Gasteiger partial charge in [-0.3, -0.25) is 4.57 Å². The minimum atomic E-state index is -0.232. The van der Waals surface area contributed by atoms with E-state index in [4.69, 9.17) is 14.4 Å². The average molecular weight is 528 g/mol. The molecular formula is C37H25N3O. The van der Waals surface area contributed by atoms with Gasteiger partial charge in [-0.15, -0.1) is 0 Å². The van der Waals surface area contributed by atoms with Gasteiger partial charge in [-0.25, -0.2) is 9.97 Å². The van der Waals surface area contributed by atoms with Crippen LogP contribution in [0.5, 0.6) is 0 Å². The predicted molar refractivity (Wildman–Crippen MR) is 167 cm³/mol. The van der Waals surface area contributed by atoms with Gasteiger partial charge in [-0.05, 0) is 29.8 Å². The molecule has 4 nitrogen and oxygen atoms in total. The number of benzene rings is 5. The molecule has 0 atom stereocenters. The molecule has 0 bridgehead atoms. The van der Waals surface area contributed by atoms with Crippen molar-refractivity contribution in [3.05, 3.63) is 126 Å². The van der Waals surface area contributed by atoms with Crippen LogP contribution in [0.25, 0.3) is 72.2 Å². The molecule has 41 heavy (non-hydrogen) atoms. The first kappa shape index (κ1) is 22.6. The van der Waals surface area contributed by atoms with E-state index < -0.39 is 0 Å². The van der Waals surface area contributed by atoms with Crippen LogP contribution < -0.4 is 0 Å². The Labute approximate surface area is 236 Å². The van der Waals surface area contributed by atoms with E-state index in [2.05, 4.69) is 122 Å². The Hall–Kier alpha value is -5.22. The monoisotopic (exact) mass is 527 g/mol. The Bertz CT molecular complexity index is 2340. The molecule has 3 aromatic heterocycles. The van der Waals surface area contributed by atoms with Gasteiger partial charge in [0.15, 0.2) is 0 Å². The van der Waals surface area contributed by atoms with Crippen molar-refractivity contribution in [3.63, 3.8) is 0 Å². The maximum atomic E-state index is 6.33. The lowest BCUT2D eigenvalue weighted by Crippen LogP contribution is -2.18. The normalized spacial score (nSPS) is 13.8. The smallest absolute Gasteiger partial charge is 0.235 e. The van der Waals surface area contributed by atoms with Gasteiger partial charge in [0.05, 0.1) is 27.8 Å². The zero-order chi connectivity index (χ0) is 27.3. The van der Waals surface area contributed by atoms with E-state index in [-0.39, 0.29) is 5.41 Å². The Kier molecular flexibility index (Phi) is 4.36. The average Bonchev–Trinajstić information content (AvgIpc) is 3.63. The summed E-state index contributed by atoms with van der Waals surface area (Å²) in [6, 6.07) is 40.2. The van der Waals surface area contributed by atoms with Crippen molar-refractivity contribution in [1.82, 2.24) is 14.5 Å². The molecular weight excluding hydrogens is 502 g/mol. The molecule has 9 rings (SSSR count). The molecule has 0 aliphatic heterocycles. The quantitative estimate of drug-likeness (QED) is 0.225. The predicted octanol–water partition coefficient (Wildman–Crippen LogP) is 9.45. The molecule has 0 saturated heterocycles. The van der Waals surface area contributed by atoms with Crippen LogP contribution in [0.1, 0.15) is 25.0 Å². The molecule has 0 N–H and O–H groups in total. The topological polar surface area (TPSA) is 43.9 Å². The highest BCUT2D eigenvalue weighted by Crippen LogP contribution is 2.51. The molecule has 0 radical (unpaired) electrons. The highest BCUT2D eigenvalue weighted by molar-refractivity contribution is 6.24. The Balaban J connectivity index is 1.49. The van der Waals surface area contributed by atoms with Crippen LogP contribution in [-0.2, 0) is 5.41 Å². The zero-order valence-electron chi connectivity index (χ0n) is 22.7. The van der Waals surface area contributed by atoms with Gasteiger partial charge in [0.1, 0.15) is 11.2 Å². The number of aromatic nitrogens is 3. The molecule has 5 aromatic carbocycles. The second kappa shape index (κ2) is 7.92. The molecule has 1 aliphatic rings. The first-order valence-corrected chi connectivity index (χ1v) is 14.0. The van der Waals surface area contributed by atoms with E-state index in [1.807, 2.05) is 12.1 Å². The third-order valence-electron chi connectivity index (χ3n) is 8.80. The molecule has 0 saturated carbocycles. The maximum absolute atomic E-state index is 6.33. The number of para-hydroxylation sites is 2. The summed E-state index contributed by atoms with van der Waals surface area (Å²) < 4.78 is 8.58. The molecule has 0 spiro atoms. The van der Waals surface area contributed by atoms with Crippen LogP contribution in [0, 0.1) is 0 Å². The van der Waals surface area contributed by atoms with Crippen LogP contribution in [0.15, 0.2) is 120 Å². The van der Waals surface area contributed by atoms with Crippen LogP contribution >= 0.6 is 0 Å². The minimum Gasteiger partial charge on any atom is -0.456 e. The summed E-state index contributed by atoms with van der Waals surface area (Å²) in [6.07, 6.45) is 0. The van der Waals surface area contributed by atoms with Gasteiger partial charge in [0, 0.05) is 38.3 Å². The van der Waals surface area contributed by atoms with Gasteiger partial charge in [0.25, 0.3) is 0 Å². The first-order chi connectivity index (χ1) is 20.1. The van der Waals surface area contributed by atoms with Gasteiger partial charge < -0.3 is 4.42 Å². The summed E-state index contributed by atoms with van der Waals surface area (Å²) in [5, 5.41) is 4.50. The van der Waals surface area contributed by atoms with E-state index >= 15 is 0 Å². The van der Waals surface area contributed by atoms with Crippen molar-refractivity contribution < 1.29 is 4.42 Å². The van der Waals surface area contributed by atoms with Gasteiger partial charge in [0.2, 0.25) is 5.95 Å². The van der Waals surface area contributed by atoms with E-state index in [1.54, 1.807) is 0 Å². The Morgan fingerprint density at radius 3 is 2.20 bits per heavy atom. The highest BCUT2D eigenvalue weighted by Gasteiger charge is 2.40. The molecule has 8 aromatic rings. The van der Waals surface area contributed by atoms with E-state index in [1.165, 1.54) is 22.1 Å². The summed E-state index contributed by atoms with van der Waals surface area (Å²) in [4.78, 5) is 10.8. The second-order valence-corrected chi connectivity index (χ2v) is 11.4.